The monoisotopic (exact) mass is 490 g/mol. The van der Waals surface area contributed by atoms with Crippen LogP contribution >= 0.6 is 0 Å². The third kappa shape index (κ3) is 8.54. The van der Waals surface area contributed by atoms with E-state index < -0.39 is 0 Å². The summed E-state index contributed by atoms with van der Waals surface area (Å²) in [5.74, 6) is 2.11. The van der Waals surface area contributed by atoms with E-state index in [9.17, 15) is 9.59 Å². The fourth-order valence-corrected chi connectivity index (χ4v) is 3.36. The molecule has 36 heavy (non-hydrogen) atoms. The summed E-state index contributed by atoms with van der Waals surface area (Å²) in [6.07, 6.45) is 0.565. The zero-order valence-electron chi connectivity index (χ0n) is 21.2. The van der Waals surface area contributed by atoms with Gasteiger partial charge in [-0.1, -0.05) is 18.2 Å². The number of carbonyl (C=O) groups is 2. The summed E-state index contributed by atoms with van der Waals surface area (Å²) in [5.41, 5.74) is 1.04. The smallest absolute Gasteiger partial charge is 0.326 e. The molecule has 0 bridgehead atoms. The van der Waals surface area contributed by atoms with E-state index in [-0.39, 0.29) is 17.6 Å². The van der Waals surface area contributed by atoms with Crippen molar-refractivity contribution < 1.29 is 19.1 Å². The molecule has 0 saturated carbocycles. The second-order valence-corrected chi connectivity index (χ2v) is 9.20. The summed E-state index contributed by atoms with van der Waals surface area (Å²) < 4.78 is 11.1. The maximum atomic E-state index is 13.2. The van der Waals surface area contributed by atoms with E-state index in [4.69, 9.17) is 9.47 Å². The minimum Gasteiger partial charge on any atom is -0.497 e. The molecule has 0 aromatic heterocycles. The zero-order valence-corrected chi connectivity index (χ0v) is 21.2. The van der Waals surface area contributed by atoms with Gasteiger partial charge in [-0.25, -0.2) is 9.59 Å². The minimum absolute atomic E-state index is 0.237. The average molecular weight is 491 g/mol. The number of methoxy groups -OCH3 is 1. The Kier molecular flexibility index (Phi) is 9.16. The van der Waals surface area contributed by atoms with E-state index in [1.165, 1.54) is 0 Å². The van der Waals surface area contributed by atoms with Gasteiger partial charge in [0.25, 0.3) is 0 Å². The van der Waals surface area contributed by atoms with Gasteiger partial charge in [0, 0.05) is 30.0 Å². The van der Waals surface area contributed by atoms with Crippen molar-refractivity contribution in [3.05, 3.63) is 78.9 Å². The molecular weight excluding hydrogens is 456 g/mol. The standard InChI is InChI=1S/C28H34N4O4/c1-28(2,3)31-26(33)29-19-8-20-32(27(34)30-21-11-15-23(35-4)16-12-21)22-13-17-25(18-14-22)36-24-9-6-5-7-10-24/h5-7,9-18H,8,19-20H2,1-4H3,(H,30,34)(H2,29,31,33). The van der Waals surface area contributed by atoms with Crippen LogP contribution in [0, 0.1) is 0 Å². The Morgan fingerprint density at radius 3 is 2.06 bits per heavy atom. The number of ether oxygens (including phenoxy) is 2. The normalized spacial score (nSPS) is 10.8. The van der Waals surface area contributed by atoms with E-state index >= 15 is 0 Å². The van der Waals surface area contributed by atoms with E-state index in [1.807, 2.05) is 75.4 Å². The number of nitrogens with one attached hydrogen (secondary N) is 3. The molecule has 0 fully saturated rings. The maximum absolute atomic E-state index is 13.2. The minimum atomic E-state index is -0.321. The molecular formula is C28H34N4O4. The lowest BCUT2D eigenvalue weighted by Gasteiger charge is -2.24. The molecule has 3 aromatic carbocycles. The SMILES string of the molecule is COc1ccc(NC(=O)N(CCCNC(=O)NC(C)(C)C)c2ccc(Oc3ccccc3)cc2)cc1. The molecule has 0 unspecified atom stereocenters. The van der Waals surface area contributed by atoms with Crippen molar-refractivity contribution in [3.63, 3.8) is 0 Å². The highest BCUT2D eigenvalue weighted by Gasteiger charge is 2.17. The number of nitrogens with zero attached hydrogens (tertiary/aromatic N) is 1. The predicted molar refractivity (Wildman–Crippen MR) is 143 cm³/mol. The Morgan fingerprint density at radius 2 is 1.44 bits per heavy atom. The van der Waals surface area contributed by atoms with E-state index in [0.29, 0.717) is 42.4 Å². The molecule has 0 aliphatic heterocycles. The molecule has 3 rings (SSSR count). The summed E-state index contributed by atoms with van der Waals surface area (Å²) in [7, 11) is 1.59. The van der Waals surface area contributed by atoms with Crippen LogP contribution in [0.3, 0.4) is 0 Å². The van der Waals surface area contributed by atoms with Crippen molar-refractivity contribution >= 4 is 23.4 Å². The molecule has 0 saturated heterocycles. The van der Waals surface area contributed by atoms with Crippen molar-refractivity contribution in [1.82, 2.24) is 10.6 Å². The van der Waals surface area contributed by atoms with Gasteiger partial charge in [-0.2, -0.15) is 0 Å². The Morgan fingerprint density at radius 1 is 0.833 bits per heavy atom. The van der Waals surface area contributed by atoms with Crippen molar-refractivity contribution in [2.45, 2.75) is 32.7 Å². The van der Waals surface area contributed by atoms with Crippen LogP contribution in [0.4, 0.5) is 21.0 Å². The van der Waals surface area contributed by atoms with Crippen molar-refractivity contribution in [1.29, 1.82) is 0 Å². The van der Waals surface area contributed by atoms with Crippen LogP contribution in [-0.2, 0) is 0 Å². The highest BCUT2D eigenvalue weighted by Crippen LogP contribution is 2.25. The van der Waals surface area contributed by atoms with Crippen LogP contribution < -0.4 is 30.3 Å². The van der Waals surface area contributed by atoms with Crippen LogP contribution in [0.2, 0.25) is 0 Å². The number of amides is 4. The second kappa shape index (κ2) is 12.5. The number of urea groups is 2. The van der Waals surface area contributed by atoms with E-state index in [2.05, 4.69) is 16.0 Å². The van der Waals surface area contributed by atoms with Gasteiger partial charge < -0.3 is 25.4 Å². The first-order valence-electron chi connectivity index (χ1n) is 11.8. The van der Waals surface area contributed by atoms with Crippen LogP contribution in [0.1, 0.15) is 27.2 Å². The fraction of sp³-hybridized carbons (Fsp3) is 0.286. The maximum Gasteiger partial charge on any atom is 0.326 e. The Labute approximate surface area is 212 Å². The van der Waals surface area contributed by atoms with Crippen LogP contribution in [0.15, 0.2) is 78.9 Å². The third-order valence-corrected chi connectivity index (χ3v) is 5.05. The molecule has 0 atom stereocenters. The summed E-state index contributed by atoms with van der Waals surface area (Å²) >= 11 is 0. The fourth-order valence-electron chi connectivity index (χ4n) is 3.36. The first-order valence-corrected chi connectivity index (χ1v) is 11.8. The molecule has 0 heterocycles. The number of para-hydroxylation sites is 1. The van der Waals surface area contributed by atoms with Gasteiger partial charge in [0.05, 0.1) is 7.11 Å². The molecule has 4 amide bonds. The summed E-state index contributed by atoms with van der Waals surface area (Å²) in [4.78, 5) is 26.9. The first kappa shape index (κ1) is 26.4. The van der Waals surface area contributed by atoms with Gasteiger partial charge in [-0.3, -0.25) is 4.90 Å². The highest BCUT2D eigenvalue weighted by atomic mass is 16.5. The largest absolute Gasteiger partial charge is 0.497 e. The number of hydrogen-bond acceptors (Lipinski definition) is 4. The Balaban J connectivity index is 1.67. The quantitative estimate of drug-likeness (QED) is 0.320. The number of carbonyl (C=O) groups excluding carboxylic acids is 2. The average Bonchev–Trinajstić information content (AvgIpc) is 2.85. The lowest BCUT2D eigenvalue weighted by Crippen LogP contribution is -2.47. The number of rotatable bonds is 9. The second-order valence-electron chi connectivity index (χ2n) is 9.20. The van der Waals surface area contributed by atoms with Crippen LogP contribution in [0.5, 0.6) is 17.2 Å². The zero-order chi connectivity index (χ0) is 26.0. The van der Waals surface area contributed by atoms with E-state index in [1.54, 1.807) is 36.3 Å². The number of hydrogen-bond donors (Lipinski definition) is 3. The predicted octanol–water partition coefficient (Wildman–Crippen LogP) is 6.01. The van der Waals surface area contributed by atoms with E-state index in [0.717, 1.165) is 5.75 Å². The molecule has 0 spiro atoms. The lowest BCUT2D eigenvalue weighted by atomic mass is 10.1. The van der Waals surface area contributed by atoms with Crippen molar-refractivity contribution in [3.8, 4) is 17.2 Å². The molecule has 8 heteroatoms. The third-order valence-electron chi connectivity index (χ3n) is 5.05. The van der Waals surface area contributed by atoms with Gasteiger partial charge in [-0.05, 0) is 87.9 Å². The molecule has 0 radical (unpaired) electrons. The van der Waals surface area contributed by atoms with Crippen LogP contribution in [-0.4, -0.2) is 37.8 Å². The van der Waals surface area contributed by atoms with Gasteiger partial charge in [0.1, 0.15) is 17.2 Å². The summed E-state index contributed by atoms with van der Waals surface area (Å²) in [6.45, 7) is 6.58. The van der Waals surface area contributed by atoms with Crippen molar-refractivity contribution in [2.24, 2.45) is 0 Å². The molecule has 0 aliphatic rings. The molecule has 190 valence electrons. The van der Waals surface area contributed by atoms with Gasteiger partial charge >= 0.3 is 12.1 Å². The highest BCUT2D eigenvalue weighted by molar-refractivity contribution is 6.01. The van der Waals surface area contributed by atoms with Gasteiger partial charge in [0.2, 0.25) is 0 Å². The molecule has 0 aliphatic carbocycles. The number of benzene rings is 3. The van der Waals surface area contributed by atoms with Crippen LogP contribution in [0.25, 0.3) is 0 Å². The Bertz CT molecular complexity index is 1110. The Hall–Kier alpha value is -4.20. The van der Waals surface area contributed by atoms with Crippen molar-refractivity contribution in [2.75, 3.05) is 30.4 Å². The topological polar surface area (TPSA) is 91.9 Å². The lowest BCUT2D eigenvalue weighted by molar-refractivity contribution is 0.232. The molecule has 3 N–H and O–H groups in total. The molecule has 8 nitrogen and oxygen atoms in total. The number of anilines is 2. The van der Waals surface area contributed by atoms with Gasteiger partial charge in [0.15, 0.2) is 0 Å². The molecule has 3 aromatic rings. The first-order chi connectivity index (χ1) is 17.2. The summed E-state index contributed by atoms with van der Waals surface area (Å²) in [6, 6.07) is 23.4. The summed E-state index contributed by atoms with van der Waals surface area (Å²) in [5, 5.41) is 8.63. The van der Waals surface area contributed by atoms with Gasteiger partial charge in [-0.15, -0.1) is 0 Å².